The van der Waals surface area contributed by atoms with Gasteiger partial charge in [0.25, 0.3) is 0 Å². The lowest BCUT2D eigenvalue weighted by Crippen LogP contribution is -2.11. The molecule has 0 spiro atoms. The van der Waals surface area contributed by atoms with Crippen molar-refractivity contribution >= 4 is 23.8 Å². The minimum atomic E-state index is -1.22. The van der Waals surface area contributed by atoms with Crippen LogP contribution in [-0.4, -0.2) is 35.0 Å². The van der Waals surface area contributed by atoms with E-state index in [9.17, 15) is 19.2 Å². The van der Waals surface area contributed by atoms with Crippen LogP contribution < -0.4 is 11.5 Å². The van der Waals surface area contributed by atoms with Gasteiger partial charge in [-0.1, -0.05) is 20.6 Å². The van der Waals surface area contributed by atoms with Gasteiger partial charge in [-0.05, 0) is 12.2 Å². The Morgan fingerprint density at radius 3 is 1.58 bits per heavy atom. The number of carbonyl (C=O) groups is 4. The lowest BCUT2D eigenvalue weighted by Gasteiger charge is -1.86. The maximum absolute atomic E-state index is 10.1. The number of hydrogen-bond acceptors (Lipinski definition) is 6. The highest BCUT2D eigenvalue weighted by molar-refractivity contribution is 5.95. The van der Waals surface area contributed by atoms with E-state index in [0.717, 1.165) is 12.2 Å². The standard InChI is InChI=1S/C4H4O4.2C3H5NO.CH4/c5-2-1-3(6)8-4(2)7;2*1-2-3(4)5;/h2,5H,1H2;2*2H,1H2,(H2,4,5);1H4. The van der Waals surface area contributed by atoms with Gasteiger partial charge in [-0.3, -0.25) is 14.4 Å². The van der Waals surface area contributed by atoms with Crippen LogP contribution in [0.5, 0.6) is 0 Å². The molecule has 0 aromatic carbocycles. The lowest BCUT2D eigenvalue weighted by molar-refractivity contribution is -0.154. The van der Waals surface area contributed by atoms with E-state index >= 15 is 0 Å². The number of aliphatic hydroxyl groups is 1. The fraction of sp³-hybridized carbons (Fsp3) is 0.273. The van der Waals surface area contributed by atoms with Crippen LogP contribution >= 0.6 is 0 Å². The van der Waals surface area contributed by atoms with Crippen molar-refractivity contribution < 1.29 is 29.0 Å². The van der Waals surface area contributed by atoms with E-state index in [0.29, 0.717) is 0 Å². The van der Waals surface area contributed by atoms with Gasteiger partial charge in [0, 0.05) is 0 Å². The van der Waals surface area contributed by atoms with Crippen LogP contribution in [0.1, 0.15) is 13.8 Å². The molecule has 108 valence electrons. The quantitative estimate of drug-likeness (QED) is 0.326. The Kier molecular flexibility index (Phi) is 13.7. The molecule has 0 radical (unpaired) electrons. The molecular formula is C11H18N2O6. The molecule has 0 aliphatic carbocycles. The van der Waals surface area contributed by atoms with Crippen LogP contribution in [0.15, 0.2) is 25.3 Å². The van der Waals surface area contributed by atoms with Crippen LogP contribution in [0, 0.1) is 0 Å². The molecule has 2 amide bonds. The summed E-state index contributed by atoms with van der Waals surface area (Å²) >= 11 is 0. The van der Waals surface area contributed by atoms with Crippen molar-refractivity contribution in [3.8, 4) is 0 Å². The summed E-state index contributed by atoms with van der Waals surface area (Å²) in [5, 5.41) is 8.47. The van der Waals surface area contributed by atoms with E-state index in [1.807, 2.05) is 0 Å². The van der Waals surface area contributed by atoms with E-state index < -0.39 is 29.9 Å². The second-order valence-corrected chi connectivity index (χ2v) is 2.73. The summed E-state index contributed by atoms with van der Waals surface area (Å²) < 4.78 is 3.95. The van der Waals surface area contributed by atoms with E-state index in [1.54, 1.807) is 0 Å². The highest BCUT2D eigenvalue weighted by atomic mass is 16.6. The topological polar surface area (TPSA) is 150 Å². The second kappa shape index (κ2) is 12.0. The zero-order valence-corrected chi connectivity index (χ0v) is 9.50. The van der Waals surface area contributed by atoms with Gasteiger partial charge in [-0.15, -0.1) is 0 Å². The SMILES string of the molecule is C.C=CC(N)=O.C=CC(N)=O.O=C1CC(O)C(=O)O1. The Labute approximate surface area is 110 Å². The van der Waals surface area contributed by atoms with Crippen molar-refractivity contribution in [1.29, 1.82) is 0 Å². The second-order valence-electron chi connectivity index (χ2n) is 2.73. The molecule has 0 bridgehead atoms. The fourth-order valence-corrected chi connectivity index (χ4v) is 0.463. The minimum Gasteiger partial charge on any atom is -0.391 e. The van der Waals surface area contributed by atoms with E-state index in [4.69, 9.17) is 5.11 Å². The number of aliphatic hydroxyl groups excluding tert-OH is 1. The van der Waals surface area contributed by atoms with Gasteiger partial charge in [0.2, 0.25) is 11.8 Å². The van der Waals surface area contributed by atoms with Crippen LogP contribution in [0.3, 0.4) is 0 Å². The Morgan fingerprint density at radius 2 is 1.53 bits per heavy atom. The highest BCUT2D eigenvalue weighted by Crippen LogP contribution is 2.05. The fourth-order valence-electron chi connectivity index (χ4n) is 0.463. The summed E-state index contributed by atoms with van der Waals surface area (Å²) in [5.74, 6) is -2.45. The van der Waals surface area contributed by atoms with Crippen LogP contribution in [0.2, 0.25) is 0 Å². The smallest absolute Gasteiger partial charge is 0.343 e. The van der Waals surface area contributed by atoms with Gasteiger partial charge in [-0.2, -0.15) is 0 Å². The number of rotatable bonds is 2. The predicted octanol–water partition coefficient (Wildman–Crippen LogP) is -1.23. The van der Waals surface area contributed by atoms with Crippen LogP contribution in [0.25, 0.3) is 0 Å². The summed E-state index contributed by atoms with van der Waals surface area (Å²) in [6.45, 7) is 6.17. The molecule has 1 atom stereocenters. The monoisotopic (exact) mass is 274 g/mol. The molecule has 8 heteroatoms. The van der Waals surface area contributed by atoms with Crippen molar-refractivity contribution in [2.45, 2.75) is 20.0 Å². The third-order valence-corrected chi connectivity index (χ3v) is 1.25. The Morgan fingerprint density at radius 1 is 1.21 bits per heavy atom. The molecule has 0 aromatic rings. The average molecular weight is 274 g/mol. The molecule has 19 heavy (non-hydrogen) atoms. The van der Waals surface area contributed by atoms with Gasteiger partial charge in [0.1, 0.15) is 0 Å². The Hall–Kier alpha value is -2.48. The van der Waals surface area contributed by atoms with Crippen molar-refractivity contribution in [3.05, 3.63) is 25.3 Å². The number of ether oxygens (including phenoxy) is 1. The summed E-state index contributed by atoms with van der Waals surface area (Å²) in [6, 6.07) is 0. The zero-order chi connectivity index (χ0) is 14.7. The van der Waals surface area contributed by atoms with Crippen molar-refractivity contribution in [3.63, 3.8) is 0 Å². The molecule has 1 fully saturated rings. The Bertz CT molecular complexity index is 346. The predicted molar refractivity (Wildman–Crippen MR) is 67.2 cm³/mol. The van der Waals surface area contributed by atoms with Crippen molar-refractivity contribution in [2.24, 2.45) is 11.5 Å². The maximum Gasteiger partial charge on any atom is 0.343 e. The molecule has 1 rings (SSSR count). The van der Waals surface area contributed by atoms with Crippen LogP contribution in [0.4, 0.5) is 0 Å². The molecule has 1 aliphatic rings. The first-order valence-electron chi connectivity index (χ1n) is 4.50. The number of carbonyl (C=O) groups excluding carboxylic acids is 4. The van der Waals surface area contributed by atoms with E-state index in [1.165, 1.54) is 0 Å². The van der Waals surface area contributed by atoms with Gasteiger partial charge < -0.3 is 21.3 Å². The zero-order valence-electron chi connectivity index (χ0n) is 9.50. The van der Waals surface area contributed by atoms with Gasteiger partial charge in [0.05, 0.1) is 6.42 Å². The van der Waals surface area contributed by atoms with E-state index in [2.05, 4.69) is 29.4 Å². The number of nitrogens with two attached hydrogens (primary N) is 2. The maximum atomic E-state index is 10.1. The van der Waals surface area contributed by atoms with Gasteiger partial charge in [-0.25, -0.2) is 4.79 Å². The summed E-state index contributed by atoms with van der Waals surface area (Å²) in [6.07, 6.45) is 0.696. The molecule has 0 saturated carbocycles. The number of primary amides is 2. The largest absolute Gasteiger partial charge is 0.391 e. The van der Waals surface area contributed by atoms with Crippen LogP contribution in [-0.2, 0) is 23.9 Å². The summed E-state index contributed by atoms with van der Waals surface area (Å²) in [7, 11) is 0. The molecular weight excluding hydrogens is 256 g/mol. The van der Waals surface area contributed by atoms with Gasteiger partial charge in [0.15, 0.2) is 6.10 Å². The molecule has 8 nitrogen and oxygen atoms in total. The minimum absolute atomic E-state index is 0. The first-order valence-corrected chi connectivity index (χ1v) is 4.50. The van der Waals surface area contributed by atoms with Crippen molar-refractivity contribution in [1.82, 2.24) is 0 Å². The third-order valence-electron chi connectivity index (χ3n) is 1.25. The molecule has 5 N–H and O–H groups in total. The molecule has 1 unspecified atom stereocenters. The first kappa shape index (κ1) is 21.8. The molecule has 1 saturated heterocycles. The number of cyclic esters (lactones) is 2. The van der Waals surface area contributed by atoms with Gasteiger partial charge >= 0.3 is 11.9 Å². The average Bonchev–Trinajstić information content (AvgIpc) is 2.57. The first-order chi connectivity index (χ1) is 8.24. The normalized spacial score (nSPS) is 15.3. The number of esters is 2. The highest BCUT2D eigenvalue weighted by Gasteiger charge is 2.30. The van der Waals surface area contributed by atoms with E-state index in [-0.39, 0.29) is 13.8 Å². The molecule has 0 aromatic heterocycles. The third kappa shape index (κ3) is 15.5. The number of hydrogen-bond donors (Lipinski definition) is 3. The number of amides is 2. The lowest BCUT2D eigenvalue weighted by atomic mass is 10.3. The molecule has 1 heterocycles. The Balaban J connectivity index is -0.000000208. The summed E-state index contributed by atoms with van der Waals surface area (Å²) in [4.78, 5) is 39.1. The summed E-state index contributed by atoms with van der Waals surface area (Å²) in [5.41, 5.74) is 9.07. The van der Waals surface area contributed by atoms with Crippen molar-refractivity contribution in [2.75, 3.05) is 0 Å². The molecule has 1 aliphatic heterocycles.